The van der Waals surface area contributed by atoms with E-state index in [1.807, 2.05) is 34.0 Å². The molecule has 0 aliphatic carbocycles. The third-order valence-corrected chi connectivity index (χ3v) is 10.8. The van der Waals surface area contributed by atoms with Crippen LogP contribution in [-0.2, 0) is 12.8 Å². The number of nitrogens with zero attached hydrogens (tertiary/aromatic N) is 1. The number of rotatable bonds is 19. The lowest BCUT2D eigenvalue weighted by molar-refractivity contribution is 0.578. The van der Waals surface area contributed by atoms with Crippen LogP contribution in [0.3, 0.4) is 0 Å². The first-order valence-corrected chi connectivity index (χ1v) is 17.5. The van der Waals surface area contributed by atoms with Gasteiger partial charge >= 0.3 is 0 Å². The zero-order chi connectivity index (χ0) is 23.8. The molecule has 1 nitrogen and oxygen atoms in total. The highest BCUT2D eigenvalue weighted by molar-refractivity contribution is 14.1. The van der Waals surface area contributed by atoms with Gasteiger partial charge in [0.15, 0.2) is 0 Å². The van der Waals surface area contributed by atoms with Gasteiger partial charge in [-0.05, 0) is 60.8 Å². The van der Waals surface area contributed by atoms with Gasteiger partial charge in [0.2, 0.25) is 0 Å². The third-order valence-electron chi connectivity index (χ3n) is 6.37. The van der Waals surface area contributed by atoms with Crippen LogP contribution < -0.4 is 0 Å². The zero-order valence-corrected chi connectivity index (χ0v) is 25.6. The lowest BCUT2D eigenvalue weighted by Crippen LogP contribution is -1.84. The number of aryl methyl sites for hydroxylation is 2. The highest BCUT2D eigenvalue weighted by Crippen LogP contribution is 2.38. The number of halogens is 1. The van der Waals surface area contributed by atoms with Crippen molar-refractivity contribution in [1.82, 2.24) is 4.98 Å². The quantitative estimate of drug-likeness (QED) is 0.0732. The summed E-state index contributed by atoms with van der Waals surface area (Å²) in [6, 6.07) is 9.25. The van der Waals surface area contributed by atoms with Crippen molar-refractivity contribution in [2.75, 3.05) is 4.43 Å². The first-order valence-electron chi connectivity index (χ1n) is 13.5. The van der Waals surface area contributed by atoms with E-state index in [0.717, 1.165) is 0 Å². The van der Waals surface area contributed by atoms with Gasteiger partial charge in [0, 0.05) is 20.8 Å². The Morgan fingerprint density at radius 3 is 1.74 bits per heavy atom. The maximum Gasteiger partial charge on any atom is 0.133 e. The number of thiazole rings is 1. The van der Waals surface area contributed by atoms with Crippen molar-refractivity contribution in [2.45, 2.75) is 110 Å². The molecule has 0 saturated carbocycles. The van der Waals surface area contributed by atoms with E-state index in [0.29, 0.717) is 0 Å². The molecule has 0 fully saturated rings. The molecule has 0 amide bonds. The smallest absolute Gasteiger partial charge is 0.133 e. The second kappa shape index (κ2) is 17.3. The molecule has 3 aromatic heterocycles. The standard InChI is InChI=1S/C29H42INS3/c1-2-3-4-5-10-13-17-25-19-21-27(33-25)29-31-23-28(34-29)26-20-18-24(32-26)16-14-11-8-6-7-9-12-15-22-30/h18-21,23H,2-17,22H2,1H3. The van der Waals surface area contributed by atoms with Gasteiger partial charge in [0.05, 0.1) is 9.75 Å². The van der Waals surface area contributed by atoms with Crippen LogP contribution in [-0.4, -0.2) is 9.41 Å². The first-order chi connectivity index (χ1) is 16.8. The van der Waals surface area contributed by atoms with Crippen LogP contribution in [0.25, 0.3) is 19.6 Å². The summed E-state index contributed by atoms with van der Waals surface area (Å²) in [5.41, 5.74) is 0. The number of aromatic nitrogens is 1. The third kappa shape index (κ3) is 10.4. The molecular formula is C29H42INS3. The zero-order valence-electron chi connectivity index (χ0n) is 21.0. The van der Waals surface area contributed by atoms with Crippen molar-refractivity contribution < 1.29 is 0 Å². The summed E-state index contributed by atoms with van der Waals surface area (Å²) in [6.07, 6.45) is 24.0. The predicted octanol–water partition coefficient (Wildman–Crippen LogP) is 11.6. The minimum absolute atomic E-state index is 1.18. The summed E-state index contributed by atoms with van der Waals surface area (Å²) in [6.45, 7) is 2.28. The van der Waals surface area contributed by atoms with Gasteiger partial charge in [-0.3, -0.25) is 0 Å². The molecule has 34 heavy (non-hydrogen) atoms. The SMILES string of the molecule is CCCCCCCCc1ccc(-c2ncc(-c3ccc(CCCCCCCCCCI)s3)s2)s1. The first kappa shape index (κ1) is 28.3. The molecule has 3 heterocycles. The molecule has 0 saturated heterocycles. The second-order valence-electron chi connectivity index (χ2n) is 9.35. The normalized spacial score (nSPS) is 11.5. The molecule has 0 aromatic carbocycles. The lowest BCUT2D eigenvalue weighted by Gasteiger charge is -2.01. The van der Waals surface area contributed by atoms with Crippen molar-refractivity contribution in [1.29, 1.82) is 0 Å². The molecule has 5 heteroatoms. The summed E-state index contributed by atoms with van der Waals surface area (Å²) in [7, 11) is 0. The van der Waals surface area contributed by atoms with Crippen molar-refractivity contribution >= 4 is 56.6 Å². The van der Waals surface area contributed by atoms with Crippen molar-refractivity contribution in [3.8, 4) is 19.6 Å². The van der Waals surface area contributed by atoms with Crippen LogP contribution in [0.5, 0.6) is 0 Å². The minimum atomic E-state index is 1.18. The van der Waals surface area contributed by atoms with Crippen molar-refractivity contribution in [2.24, 2.45) is 0 Å². The van der Waals surface area contributed by atoms with Crippen molar-refractivity contribution in [3.63, 3.8) is 0 Å². The van der Waals surface area contributed by atoms with E-state index in [-0.39, 0.29) is 0 Å². The molecule has 0 bridgehead atoms. The van der Waals surface area contributed by atoms with Gasteiger partial charge in [-0.15, -0.1) is 34.0 Å². The fraction of sp³-hybridized carbons (Fsp3) is 0.621. The van der Waals surface area contributed by atoms with Gasteiger partial charge in [0.1, 0.15) is 5.01 Å². The number of unbranched alkanes of at least 4 members (excludes halogenated alkanes) is 12. The molecule has 0 radical (unpaired) electrons. The van der Waals surface area contributed by atoms with Gasteiger partial charge in [-0.2, -0.15) is 0 Å². The molecule has 0 spiro atoms. The molecule has 3 rings (SSSR count). The van der Waals surface area contributed by atoms with E-state index in [1.54, 1.807) is 0 Å². The van der Waals surface area contributed by atoms with Crippen LogP contribution in [0.15, 0.2) is 30.5 Å². The van der Waals surface area contributed by atoms with Crippen LogP contribution in [0, 0.1) is 0 Å². The highest BCUT2D eigenvalue weighted by atomic mass is 127. The van der Waals surface area contributed by atoms with E-state index >= 15 is 0 Å². The summed E-state index contributed by atoms with van der Waals surface area (Å²) in [5.74, 6) is 0. The Morgan fingerprint density at radius 2 is 1.12 bits per heavy atom. The van der Waals surface area contributed by atoms with Crippen LogP contribution in [0.4, 0.5) is 0 Å². The topological polar surface area (TPSA) is 12.9 Å². The van der Waals surface area contributed by atoms with E-state index in [9.17, 15) is 0 Å². The Kier molecular flexibility index (Phi) is 14.4. The number of thiophene rings is 2. The summed E-state index contributed by atoms with van der Waals surface area (Å²) in [5, 5.41) is 1.18. The summed E-state index contributed by atoms with van der Waals surface area (Å²) < 4.78 is 1.32. The van der Waals surface area contributed by atoms with Crippen LogP contribution in [0.2, 0.25) is 0 Å². The largest absolute Gasteiger partial charge is 0.243 e. The second-order valence-corrected chi connectivity index (χ2v) is 13.8. The molecule has 0 N–H and O–H groups in total. The molecule has 0 aliphatic heterocycles. The Morgan fingerprint density at radius 1 is 0.588 bits per heavy atom. The fourth-order valence-corrected chi connectivity index (χ4v) is 8.00. The number of hydrogen-bond donors (Lipinski definition) is 0. The van der Waals surface area contributed by atoms with Gasteiger partial charge in [0.25, 0.3) is 0 Å². The number of alkyl halides is 1. The van der Waals surface area contributed by atoms with Gasteiger partial charge in [-0.25, -0.2) is 4.98 Å². The maximum atomic E-state index is 4.77. The average Bonchev–Trinajstić information content (AvgIpc) is 3.61. The predicted molar refractivity (Wildman–Crippen MR) is 165 cm³/mol. The number of hydrogen-bond acceptors (Lipinski definition) is 4. The van der Waals surface area contributed by atoms with E-state index in [2.05, 4.69) is 60.0 Å². The molecular weight excluding hydrogens is 585 g/mol. The Hall–Kier alpha value is -0.240. The average molecular weight is 628 g/mol. The van der Waals surface area contributed by atoms with E-state index < -0.39 is 0 Å². The van der Waals surface area contributed by atoms with Crippen LogP contribution in [0.1, 0.15) is 107 Å². The summed E-state index contributed by atoms with van der Waals surface area (Å²) >= 11 is 8.25. The molecule has 0 unspecified atom stereocenters. The van der Waals surface area contributed by atoms with E-state index in [1.165, 1.54) is 137 Å². The van der Waals surface area contributed by atoms with E-state index in [4.69, 9.17) is 4.98 Å². The molecule has 3 aromatic rings. The Labute approximate surface area is 234 Å². The Bertz CT molecular complexity index is 910. The monoisotopic (exact) mass is 627 g/mol. The maximum absolute atomic E-state index is 4.77. The molecule has 188 valence electrons. The van der Waals surface area contributed by atoms with Crippen LogP contribution >= 0.6 is 56.6 Å². The molecule has 0 aliphatic rings. The minimum Gasteiger partial charge on any atom is -0.243 e. The molecule has 0 atom stereocenters. The summed E-state index contributed by atoms with van der Waals surface area (Å²) in [4.78, 5) is 11.9. The Balaban J connectivity index is 1.37. The lowest BCUT2D eigenvalue weighted by atomic mass is 10.1. The highest BCUT2D eigenvalue weighted by Gasteiger charge is 2.11. The fourth-order valence-electron chi connectivity index (χ4n) is 4.31. The van der Waals surface area contributed by atoms with Gasteiger partial charge < -0.3 is 0 Å². The van der Waals surface area contributed by atoms with Gasteiger partial charge in [-0.1, -0.05) is 100 Å². The van der Waals surface area contributed by atoms with Crippen molar-refractivity contribution in [3.05, 3.63) is 40.2 Å².